The molecule has 1 aromatic heterocycles. The van der Waals surface area contributed by atoms with Gasteiger partial charge in [0.2, 0.25) is 0 Å². The molecular formula is C15H24N4O. The summed E-state index contributed by atoms with van der Waals surface area (Å²) in [5, 5.41) is 3.49. The van der Waals surface area contributed by atoms with Gasteiger partial charge in [-0.05, 0) is 44.4 Å². The molecule has 0 radical (unpaired) electrons. The number of hydrogen-bond donors (Lipinski definition) is 2. The van der Waals surface area contributed by atoms with Crippen molar-refractivity contribution in [2.24, 2.45) is 5.73 Å². The highest BCUT2D eigenvalue weighted by Crippen LogP contribution is 2.22. The molecule has 0 aromatic carbocycles. The lowest BCUT2D eigenvalue weighted by molar-refractivity contribution is 0.1000. The van der Waals surface area contributed by atoms with Crippen LogP contribution in [0.2, 0.25) is 0 Å². The van der Waals surface area contributed by atoms with Crippen molar-refractivity contribution in [1.29, 1.82) is 0 Å². The van der Waals surface area contributed by atoms with E-state index in [1.807, 2.05) is 13.0 Å². The van der Waals surface area contributed by atoms with E-state index < -0.39 is 5.91 Å². The van der Waals surface area contributed by atoms with Gasteiger partial charge in [-0.15, -0.1) is 0 Å². The number of primary amides is 1. The molecule has 5 heteroatoms. The Kier molecular flexibility index (Phi) is 4.95. The van der Waals surface area contributed by atoms with Crippen LogP contribution in [-0.2, 0) is 0 Å². The van der Waals surface area contributed by atoms with Crippen LogP contribution in [-0.4, -0.2) is 36.6 Å². The molecule has 1 saturated heterocycles. The summed E-state index contributed by atoms with van der Waals surface area (Å²) in [7, 11) is 0. The number of carbonyl (C=O) groups excluding carboxylic acids is 1. The fourth-order valence-corrected chi connectivity index (χ4v) is 2.82. The predicted octanol–water partition coefficient (Wildman–Crippen LogP) is 1.46. The van der Waals surface area contributed by atoms with E-state index in [9.17, 15) is 4.79 Å². The molecule has 1 aliphatic rings. The monoisotopic (exact) mass is 276 g/mol. The predicted molar refractivity (Wildman–Crippen MR) is 81.0 cm³/mol. The van der Waals surface area contributed by atoms with Crippen LogP contribution in [0.5, 0.6) is 0 Å². The molecule has 0 aliphatic carbocycles. The Bertz CT molecular complexity index is 469. The number of anilines is 1. The van der Waals surface area contributed by atoms with Crippen LogP contribution >= 0.6 is 0 Å². The molecule has 110 valence electrons. The van der Waals surface area contributed by atoms with Gasteiger partial charge in [-0.3, -0.25) is 4.79 Å². The van der Waals surface area contributed by atoms with Gasteiger partial charge in [0.05, 0.1) is 5.56 Å². The fourth-order valence-electron chi connectivity index (χ4n) is 2.82. The minimum Gasteiger partial charge on any atom is -0.365 e. The molecule has 0 saturated carbocycles. The third kappa shape index (κ3) is 3.28. The smallest absolute Gasteiger partial charge is 0.252 e. The van der Waals surface area contributed by atoms with Crippen LogP contribution < -0.4 is 16.0 Å². The molecule has 2 rings (SSSR count). The van der Waals surface area contributed by atoms with Gasteiger partial charge in [-0.1, -0.05) is 6.92 Å². The highest BCUT2D eigenvalue weighted by atomic mass is 16.1. The zero-order chi connectivity index (χ0) is 14.5. The number of rotatable bonds is 6. The Morgan fingerprint density at radius 2 is 2.40 bits per heavy atom. The Balaban J connectivity index is 2.28. The molecule has 1 unspecified atom stereocenters. The Morgan fingerprint density at radius 1 is 1.60 bits per heavy atom. The maximum atomic E-state index is 11.7. The van der Waals surface area contributed by atoms with Crippen molar-refractivity contribution in [2.45, 2.75) is 39.2 Å². The summed E-state index contributed by atoms with van der Waals surface area (Å²) in [5.41, 5.74) is 6.98. The first-order valence-corrected chi connectivity index (χ1v) is 7.37. The lowest BCUT2D eigenvalue weighted by atomic mass is 10.1. The van der Waals surface area contributed by atoms with Gasteiger partial charge in [0.25, 0.3) is 5.91 Å². The second-order valence-corrected chi connectivity index (χ2v) is 5.43. The lowest BCUT2D eigenvalue weighted by Crippen LogP contribution is -2.39. The Morgan fingerprint density at radius 3 is 3.00 bits per heavy atom. The first-order valence-electron chi connectivity index (χ1n) is 7.37. The van der Waals surface area contributed by atoms with Crippen LogP contribution in [0, 0.1) is 6.92 Å². The van der Waals surface area contributed by atoms with E-state index in [1.54, 1.807) is 6.20 Å². The van der Waals surface area contributed by atoms with Crippen molar-refractivity contribution in [3.8, 4) is 0 Å². The van der Waals surface area contributed by atoms with Gasteiger partial charge in [0.1, 0.15) is 5.82 Å². The van der Waals surface area contributed by atoms with Crippen LogP contribution in [0.15, 0.2) is 12.3 Å². The highest BCUT2D eigenvalue weighted by molar-refractivity contribution is 5.99. The van der Waals surface area contributed by atoms with Crippen molar-refractivity contribution < 1.29 is 4.79 Å². The number of pyridine rings is 1. The topological polar surface area (TPSA) is 71.2 Å². The minimum atomic E-state index is -0.397. The quantitative estimate of drug-likeness (QED) is 0.825. The lowest BCUT2D eigenvalue weighted by Gasteiger charge is -2.28. The number of nitrogens with zero attached hydrogens (tertiary/aromatic N) is 2. The molecule has 1 amide bonds. The average molecular weight is 276 g/mol. The van der Waals surface area contributed by atoms with E-state index in [0.717, 1.165) is 37.4 Å². The summed E-state index contributed by atoms with van der Waals surface area (Å²) in [4.78, 5) is 18.3. The second kappa shape index (κ2) is 6.70. The first-order chi connectivity index (χ1) is 9.63. The molecule has 0 spiro atoms. The number of carbonyl (C=O) groups is 1. The van der Waals surface area contributed by atoms with Gasteiger partial charge < -0.3 is 16.0 Å². The molecule has 1 fully saturated rings. The standard InChI is InChI=1S/C15H24N4O/c1-3-9-19(10-12-5-4-7-17-12)15-13(14(16)20)11(2)6-8-18-15/h6,8,12,17H,3-5,7,9-10H2,1-2H3,(H2,16,20). The molecule has 3 N–H and O–H groups in total. The third-order valence-electron chi connectivity index (χ3n) is 3.78. The van der Waals surface area contributed by atoms with Crippen molar-refractivity contribution in [3.63, 3.8) is 0 Å². The molecule has 20 heavy (non-hydrogen) atoms. The third-order valence-corrected chi connectivity index (χ3v) is 3.78. The van der Waals surface area contributed by atoms with E-state index in [1.165, 1.54) is 12.8 Å². The van der Waals surface area contributed by atoms with Crippen molar-refractivity contribution in [2.75, 3.05) is 24.5 Å². The van der Waals surface area contributed by atoms with E-state index >= 15 is 0 Å². The number of aromatic nitrogens is 1. The minimum absolute atomic E-state index is 0.397. The van der Waals surface area contributed by atoms with Gasteiger partial charge >= 0.3 is 0 Å². The molecule has 5 nitrogen and oxygen atoms in total. The maximum Gasteiger partial charge on any atom is 0.252 e. The van der Waals surface area contributed by atoms with E-state index in [-0.39, 0.29) is 0 Å². The van der Waals surface area contributed by atoms with Crippen LogP contribution in [0.3, 0.4) is 0 Å². The largest absolute Gasteiger partial charge is 0.365 e. The Hall–Kier alpha value is -1.62. The van der Waals surface area contributed by atoms with Crippen molar-refractivity contribution in [3.05, 3.63) is 23.4 Å². The number of amides is 1. The van der Waals surface area contributed by atoms with E-state index in [4.69, 9.17) is 5.73 Å². The van der Waals surface area contributed by atoms with Crippen LogP contribution in [0.1, 0.15) is 42.1 Å². The maximum absolute atomic E-state index is 11.7. The number of hydrogen-bond acceptors (Lipinski definition) is 4. The van der Waals surface area contributed by atoms with Gasteiger partial charge in [0.15, 0.2) is 0 Å². The van der Waals surface area contributed by atoms with Gasteiger partial charge in [-0.25, -0.2) is 4.98 Å². The van der Waals surface area contributed by atoms with Gasteiger partial charge in [0, 0.05) is 25.3 Å². The summed E-state index contributed by atoms with van der Waals surface area (Å²) in [6.07, 6.45) is 5.16. The summed E-state index contributed by atoms with van der Waals surface area (Å²) in [5.74, 6) is 0.333. The Labute approximate surface area is 120 Å². The molecule has 2 heterocycles. The number of aryl methyl sites for hydroxylation is 1. The summed E-state index contributed by atoms with van der Waals surface area (Å²) >= 11 is 0. The molecule has 1 aliphatic heterocycles. The molecule has 1 aromatic rings. The van der Waals surface area contributed by atoms with Crippen LogP contribution in [0.25, 0.3) is 0 Å². The summed E-state index contributed by atoms with van der Waals surface area (Å²) in [6, 6.07) is 2.31. The average Bonchev–Trinajstić information content (AvgIpc) is 2.90. The fraction of sp³-hybridized carbons (Fsp3) is 0.600. The molecule has 0 bridgehead atoms. The normalized spacial score (nSPS) is 18.2. The summed E-state index contributed by atoms with van der Waals surface area (Å²) in [6.45, 7) is 6.88. The second-order valence-electron chi connectivity index (χ2n) is 5.43. The van der Waals surface area contributed by atoms with E-state index in [2.05, 4.69) is 22.1 Å². The van der Waals surface area contributed by atoms with Crippen molar-refractivity contribution in [1.82, 2.24) is 10.3 Å². The molecular weight excluding hydrogens is 252 g/mol. The highest BCUT2D eigenvalue weighted by Gasteiger charge is 2.22. The van der Waals surface area contributed by atoms with Crippen molar-refractivity contribution >= 4 is 11.7 Å². The van der Waals surface area contributed by atoms with Crippen LogP contribution in [0.4, 0.5) is 5.82 Å². The first kappa shape index (κ1) is 14.8. The number of nitrogens with one attached hydrogen (secondary N) is 1. The zero-order valence-corrected chi connectivity index (χ0v) is 12.4. The zero-order valence-electron chi connectivity index (χ0n) is 12.4. The van der Waals surface area contributed by atoms with E-state index in [0.29, 0.717) is 11.6 Å². The molecule has 1 atom stereocenters. The summed E-state index contributed by atoms with van der Waals surface area (Å²) < 4.78 is 0. The van der Waals surface area contributed by atoms with Gasteiger partial charge in [-0.2, -0.15) is 0 Å². The number of nitrogens with two attached hydrogens (primary N) is 1. The SMILES string of the molecule is CCCN(CC1CCCN1)c1nccc(C)c1C(N)=O.